The van der Waals surface area contributed by atoms with Crippen LogP contribution in [0.4, 0.5) is 5.95 Å². The monoisotopic (exact) mass is 403 g/mol. The second-order valence-electron chi connectivity index (χ2n) is 7.11. The predicted molar refractivity (Wildman–Crippen MR) is 117 cm³/mol. The van der Waals surface area contributed by atoms with Crippen molar-refractivity contribution in [1.82, 2.24) is 24.9 Å². The molecule has 0 aliphatic carbocycles. The van der Waals surface area contributed by atoms with Gasteiger partial charge in [0.1, 0.15) is 5.69 Å². The fourth-order valence-corrected chi connectivity index (χ4v) is 3.48. The minimum atomic E-state index is 0.545. The largest absolute Gasteiger partial charge is 0.332 e. The molecule has 31 heavy (non-hydrogen) atoms. The molecule has 0 radical (unpaired) electrons. The van der Waals surface area contributed by atoms with E-state index in [0.717, 1.165) is 16.8 Å². The molecule has 0 N–H and O–H groups in total. The maximum absolute atomic E-state index is 9.13. The zero-order valence-corrected chi connectivity index (χ0v) is 16.6. The normalized spacial score (nSPS) is 12.7. The van der Waals surface area contributed by atoms with Crippen LogP contribution in [0.15, 0.2) is 67.3 Å². The van der Waals surface area contributed by atoms with Crippen molar-refractivity contribution in [1.29, 1.82) is 5.26 Å². The second-order valence-corrected chi connectivity index (χ2v) is 7.11. The van der Waals surface area contributed by atoms with Crippen molar-refractivity contribution in [3.63, 3.8) is 0 Å². The summed E-state index contributed by atoms with van der Waals surface area (Å²) in [5.41, 5.74) is 5.49. The van der Waals surface area contributed by atoms with E-state index >= 15 is 0 Å². The van der Waals surface area contributed by atoms with Gasteiger partial charge in [-0.2, -0.15) is 5.26 Å². The third kappa shape index (κ3) is 4.00. The minimum absolute atomic E-state index is 0.545. The summed E-state index contributed by atoms with van der Waals surface area (Å²) >= 11 is 0. The highest BCUT2D eigenvalue weighted by atomic mass is 15.3. The van der Waals surface area contributed by atoms with Gasteiger partial charge in [-0.05, 0) is 59.2 Å². The van der Waals surface area contributed by atoms with Crippen molar-refractivity contribution < 1.29 is 0 Å². The quantitative estimate of drug-likeness (QED) is 0.510. The third-order valence-corrected chi connectivity index (χ3v) is 5.04. The second kappa shape index (κ2) is 8.13. The molecule has 3 aromatic heterocycles. The smallest absolute Gasteiger partial charge is 0.226 e. The summed E-state index contributed by atoms with van der Waals surface area (Å²) in [5.74, 6) is 1.16. The van der Waals surface area contributed by atoms with E-state index in [-0.39, 0.29) is 0 Å². The summed E-state index contributed by atoms with van der Waals surface area (Å²) in [6.45, 7) is 1.38. The molecule has 0 bridgehead atoms. The Morgan fingerprint density at radius 2 is 1.68 bits per heavy atom. The zero-order chi connectivity index (χ0) is 21.0. The number of rotatable bonds is 4. The Morgan fingerprint density at radius 3 is 2.55 bits per heavy atom. The van der Waals surface area contributed by atoms with Crippen molar-refractivity contribution in [2.24, 2.45) is 0 Å². The average molecular weight is 403 g/mol. The SMILES string of the molecule is N#Cc1ccc2c(c1)CN(c1nccc(-c3nccc(/C=C/c4ccncc4)n3)n1)C2. The van der Waals surface area contributed by atoms with Gasteiger partial charge in [0.15, 0.2) is 5.82 Å². The van der Waals surface area contributed by atoms with E-state index in [1.165, 1.54) is 5.56 Å². The van der Waals surface area contributed by atoms with Gasteiger partial charge in [-0.1, -0.05) is 12.1 Å². The van der Waals surface area contributed by atoms with Crippen LogP contribution in [0.1, 0.15) is 27.9 Å². The number of fused-ring (bicyclic) bond motifs is 1. The van der Waals surface area contributed by atoms with Gasteiger partial charge in [0.25, 0.3) is 0 Å². The van der Waals surface area contributed by atoms with Crippen LogP contribution in [0.5, 0.6) is 0 Å². The molecule has 148 valence electrons. The van der Waals surface area contributed by atoms with Crippen molar-refractivity contribution >= 4 is 18.1 Å². The molecule has 1 aliphatic rings. The van der Waals surface area contributed by atoms with Gasteiger partial charge in [0.05, 0.1) is 17.3 Å². The Hall–Kier alpha value is -4.44. The highest BCUT2D eigenvalue weighted by molar-refractivity contribution is 5.68. The molecule has 0 spiro atoms. The first-order valence-corrected chi connectivity index (χ1v) is 9.80. The molecule has 7 heteroatoms. The summed E-state index contributed by atoms with van der Waals surface area (Å²) in [6, 6.07) is 15.5. The van der Waals surface area contributed by atoms with Crippen LogP contribution in [-0.2, 0) is 13.1 Å². The molecular formula is C24H17N7. The maximum atomic E-state index is 9.13. The van der Waals surface area contributed by atoms with Gasteiger partial charge in [-0.15, -0.1) is 0 Å². The van der Waals surface area contributed by atoms with Gasteiger partial charge < -0.3 is 4.90 Å². The molecule has 4 heterocycles. The molecule has 7 nitrogen and oxygen atoms in total. The lowest BCUT2D eigenvalue weighted by Gasteiger charge is -2.15. The van der Waals surface area contributed by atoms with Crippen molar-refractivity contribution in [2.45, 2.75) is 13.1 Å². The van der Waals surface area contributed by atoms with Crippen LogP contribution in [0.3, 0.4) is 0 Å². The average Bonchev–Trinajstić information content (AvgIpc) is 3.27. The van der Waals surface area contributed by atoms with Gasteiger partial charge in [-0.25, -0.2) is 19.9 Å². The van der Waals surface area contributed by atoms with E-state index < -0.39 is 0 Å². The number of pyridine rings is 1. The highest BCUT2D eigenvalue weighted by Crippen LogP contribution is 2.27. The summed E-state index contributed by atoms with van der Waals surface area (Å²) in [6.07, 6.45) is 10.9. The number of nitrogens with zero attached hydrogens (tertiary/aromatic N) is 7. The molecule has 4 aromatic rings. The first-order chi connectivity index (χ1) is 15.3. The van der Waals surface area contributed by atoms with Crippen LogP contribution >= 0.6 is 0 Å². The van der Waals surface area contributed by atoms with Crippen molar-refractivity contribution in [2.75, 3.05) is 4.90 Å². The van der Waals surface area contributed by atoms with E-state index in [9.17, 15) is 0 Å². The summed E-state index contributed by atoms with van der Waals surface area (Å²) < 4.78 is 0. The lowest BCUT2D eigenvalue weighted by Crippen LogP contribution is -2.17. The molecule has 0 saturated carbocycles. The number of anilines is 1. The van der Waals surface area contributed by atoms with E-state index in [2.05, 4.69) is 30.9 Å². The number of nitriles is 1. The summed E-state index contributed by atoms with van der Waals surface area (Å²) in [7, 11) is 0. The molecular weight excluding hydrogens is 386 g/mol. The number of aromatic nitrogens is 5. The van der Waals surface area contributed by atoms with Crippen LogP contribution in [0.2, 0.25) is 0 Å². The fraction of sp³-hybridized carbons (Fsp3) is 0.0833. The molecule has 5 rings (SSSR count). The van der Waals surface area contributed by atoms with E-state index in [0.29, 0.717) is 36.1 Å². The molecule has 1 aromatic carbocycles. The molecule has 0 fully saturated rings. The standard InChI is InChI=1S/C24H17N7/c25-14-18-1-3-19-15-31(16-20(19)13-18)24-28-12-8-22(30-24)23-27-11-7-21(29-23)4-2-17-5-9-26-10-6-17/h1-13H,15-16H2/b4-2+. The van der Waals surface area contributed by atoms with Gasteiger partial charge in [0, 0.05) is 37.9 Å². The highest BCUT2D eigenvalue weighted by Gasteiger charge is 2.22. The molecule has 0 amide bonds. The lowest BCUT2D eigenvalue weighted by atomic mass is 10.1. The van der Waals surface area contributed by atoms with Crippen molar-refractivity contribution in [3.8, 4) is 17.6 Å². The molecule has 0 atom stereocenters. The van der Waals surface area contributed by atoms with E-state index in [1.54, 1.807) is 24.8 Å². The van der Waals surface area contributed by atoms with Crippen LogP contribution < -0.4 is 4.90 Å². The first kappa shape index (κ1) is 18.6. The predicted octanol–water partition coefficient (Wildman–Crippen LogP) is 3.89. The van der Waals surface area contributed by atoms with Crippen LogP contribution in [0, 0.1) is 11.3 Å². The van der Waals surface area contributed by atoms with E-state index in [4.69, 9.17) is 10.2 Å². The van der Waals surface area contributed by atoms with E-state index in [1.807, 2.05) is 54.6 Å². The Bertz CT molecular complexity index is 1310. The molecule has 0 unspecified atom stereocenters. The first-order valence-electron chi connectivity index (χ1n) is 9.80. The Kier molecular flexibility index (Phi) is 4.87. The Balaban J connectivity index is 1.38. The van der Waals surface area contributed by atoms with Gasteiger partial charge in [0.2, 0.25) is 5.95 Å². The van der Waals surface area contributed by atoms with Crippen molar-refractivity contribution in [3.05, 3.63) is 95.2 Å². The van der Waals surface area contributed by atoms with Crippen LogP contribution in [-0.4, -0.2) is 24.9 Å². The lowest BCUT2D eigenvalue weighted by molar-refractivity contribution is 0.828. The summed E-state index contributed by atoms with van der Waals surface area (Å²) in [5, 5.41) is 9.13. The molecule has 0 saturated heterocycles. The van der Waals surface area contributed by atoms with Gasteiger partial charge in [-0.3, -0.25) is 4.98 Å². The maximum Gasteiger partial charge on any atom is 0.226 e. The summed E-state index contributed by atoms with van der Waals surface area (Å²) in [4.78, 5) is 24.3. The number of hydrogen-bond donors (Lipinski definition) is 0. The van der Waals surface area contributed by atoms with Crippen LogP contribution in [0.25, 0.3) is 23.7 Å². The fourth-order valence-electron chi connectivity index (χ4n) is 3.48. The minimum Gasteiger partial charge on any atom is -0.332 e. The third-order valence-electron chi connectivity index (χ3n) is 5.04. The number of hydrogen-bond acceptors (Lipinski definition) is 7. The molecule has 1 aliphatic heterocycles. The zero-order valence-electron chi connectivity index (χ0n) is 16.6. The topological polar surface area (TPSA) is 91.5 Å². The number of benzene rings is 1. The Morgan fingerprint density at radius 1 is 0.839 bits per heavy atom. The van der Waals surface area contributed by atoms with Gasteiger partial charge >= 0.3 is 0 Å². The Labute approximate surface area is 179 Å².